The summed E-state index contributed by atoms with van der Waals surface area (Å²) in [5, 5.41) is 4.21. The number of rotatable bonds is 5. The Morgan fingerprint density at radius 3 is 2.67 bits per heavy atom. The zero-order chi connectivity index (χ0) is 15.6. The van der Waals surface area contributed by atoms with Crippen LogP contribution in [0.15, 0.2) is 33.3 Å². The summed E-state index contributed by atoms with van der Waals surface area (Å²) >= 11 is 6.45. The maximum absolute atomic E-state index is 13.3. The topological polar surface area (TPSA) is 38.1 Å². The van der Waals surface area contributed by atoms with Gasteiger partial charge in [0.25, 0.3) is 0 Å². The molecule has 0 amide bonds. The molecule has 2 rings (SSSR count). The molecule has 0 fully saturated rings. The van der Waals surface area contributed by atoms with Gasteiger partial charge in [-0.05, 0) is 64.2 Å². The van der Waals surface area contributed by atoms with Gasteiger partial charge in [-0.1, -0.05) is 0 Å². The lowest BCUT2D eigenvalue weighted by atomic mass is 10.1. The summed E-state index contributed by atoms with van der Waals surface area (Å²) in [7, 11) is 3.91. The van der Waals surface area contributed by atoms with Crippen molar-refractivity contribution < 1.29 is 9.18 Å². The number of carbonyl (C=O) groups is 1. The van der Waals surface area contributed by atoms with Crippen LogP contribution in [0.3, 0.4) is 0 Å². The van der Waals surface area contributed by atoms with Crippen LogP contribution < -0.4 is 0 Å². The fraction of sp³-hybridized carbons (Fsp3) is 0.286. The number of aromatic nitrogens is 2. The molecule has 0 spiro atoms. The molecule has 2 aromatic rings. The second-order valence-corrected chi connectivity index (χ2v) is 6.53. The zero-order valence-corrected chi connectivity index (χ0v) is 14.8. The van der Waals surface area contributed by atoms with Crippen LogP contribution in [0.25, 0.3) is 0 Å². The number of likely N-dealkylation sites (N-methyl/N-ethyl adjacent to an activating group) is 1. The van der Waals surface area contributed by atoms with Crippen LogP contribution in [-0.2, 0) is 6.54 Å². The van der Waals surface area contributed by atoms with Gasteiger partial charge in [0.05, 0.1) is 21.7 Å². The summed E-state index contributed by atoms with van der Waals surface area (Å²) in [5.74, 6) is -0.592. The Bertz CT molecular complexity index is 670. The SMILES string of the molecule is CN(C)CCn1ncc(Br)c1C(=O)c1ccc(F)c(Br)c1. The van der Waals surface area contributed by atoms with Gasteiger partial charge >= 0.3 is 0 Å². The molecule has 1 aromatic heterocycles. The first-order valence-electron chi connectivity index (χ1n) is 6.26. The molecule has 1 aromatic carbocycles. The van der Waals surface area contributed by atoms with Crippen LogP contribution in [0.1, 0.15) is 16.1 Å². The number of hydrogen-bond donors (Lipinski definition) is 0. The average Bonchev–Trinajstić information content (AvgIpc) is 2.80. The Kier molecular flexibility index (Phi) is 5.29. The van der Waals surface area contributed by atoms with E-state index in [9.17, 15) is 9.18 Å². The Morgan fingerprint density at radius 2 is 2.05 bits per heavy atom. The summed E-state index contributed by atoms with van der Waals surface area (Å²) in [4.78, 5) is 14.6. The monoisotopic (exact) mass is 417 g/mol. The van der Waals surface area contributed by atoms with Gasteiger partial charge in [0.1, 0.15) is 11.5 Å². The second kappa shape index (κ2) is 6.81. The quantitative estimate of drug-likeness (QED) is 0.699. The van der Waals surface area contributed by atoms with Crippen molar-refractivity contribution in [3.63, 3.8) is 0 Å². The van der Waals surface area contributed by atoms with Crippen LogP contribution in [0.5, 0.6) is 0 Å². The summed E-state index contributed by atoms with van der Waals surface area (Å²) < 4.78 is 15.8. The highest BCUT2D eigenvalue weighted by Crippen LogP contribution is 2.23. The van der Waals surface area contributed by atoms with E-state index in [0.29, 0.717) is 22.3 Å². The standard InChI is InChI=1S/C14H14Br2FN3O/c1-19(2)5-6-20-13(11(16)8-18-20)14(21)9-3-4-12(17)10(15)7-9/h3-4,7-8H,5-6H2,1-2H3. The number of nitrogens with zero attached hydrogens (tertiary/aromatic N) is 3. The first kappa shape index (κ1) is 16.3. The van der Waals surface area contributed by atoms with Crippen LogP contribution in [-0.4, -0.2) is 41.1 Å². The molecule has 0 atom stereocenters. The van der Waals surface area contributed by atoms with Crippen molar-refractivity contribution in [2.45, 2.75) is 6.54 Å². The summed E-state index contributed by atoms with van der Waals surface area (Å²) in [6.45, 7) is 1.36. The number of ketones is 1. The molecule has 1 heterocycles. The van der Waals surface area contributed by atoms with Crippen molar-refractivity contribution in [2.24, 2.45) is 0 Å². The molecule has 0 aliphatic rings. The first-order chi connectivity index (χ1) is 9.90. The molecule has 7 heteroatoms. The van der Waals surface area contributed by atoms with Crippen molar-refractivity contribution >= 4 is 37.6 Å². The van der Waals surface area contributed by atoms with E-state index in [0.717, 1.165) is 6.54 Å². The molecule has 4 nitrogen and oxygen atoms in total. The largest absolute Gasteiger partial charge is 0.308 e. The van der Waals surface area contributed by atoms with Gasteiger partial charge in [-0.15, -0.1) is 0 Å². The first-order valence-corrected chi connectivity index (χ1v) is 7.84. The predicted octanol–water partition coefficient (Wildman–Crippen LogP) is 3.34. The third-order valence-corrected chi connectivity index (χ3v) is 4.14. The smallest absolute Gasteiger partial charge is 0.212 e. The summed E-state index contributed by atoms with van der Waals surface area (Å²) in [6, 6.07) is 4.22. The summed E-state index contributed by atoms with van der Waals surface area (Å²) in [6.07, 6.45) is 1.60. The Labute approximate surface area is 139 Å². The lowest BCUT2D eigenvalue weighted by molar-refractivity contribution is 0.102. The number of benzene rings is 1. The molecule has 0 N–H and O–H groups in total. The Balaban J connectivity index is 2.34. The van der Waals surface area contributed by atoms with Crippen molar-refractivity contribution in [3.8, 4) is 0 Å². The third kappa shape index (κ3) is 3.78. The molecule has 0 aliphatic heterocycles. The van der Waals surface area contributed by atoms with Crippen LogP contribution in [0.2, 0.25) is 0 Å². The normalized spacial score (nSPS) is 11.1. The van der Waals surface area contributed by atoms with E-state index < -0.39 is 5.82 Å². The Morgan fingerprint density at radius 1 is 1.33 bits per heavy atom. The summed E-state index contributed by atoms with van der Waals surface area (Å²) in [5.41, 5.74) is 0.880. The highest BCUT2D eigenvalue weighted by molar-refractivity contribution is 9.10. The lowest BCUT2D eigenvalue weighted by Gasteiger charge is -2.12. The highest BCUT2D eigenvalue weighted by atomic mass is 79.9. The minimum atomic E-state index is -0.397. The molecular formula is C14H14Br2FN3O. The molecule has 0 saturated heterocycles. The minimum absolute atomic E-state index is 0.196. The van der Waals surface area contributed by atoms with E-state index in [1.165, 1.54) is 18.2 Å². The van der Waals surface area contributed by atoms with Gasteiger partial charge in [0.2, 0.25) is 5.78 Å². The maximum Gasteiger partial charge on any atom is 0.212 e. The minimum Gasteiger partial charge on any atom is -0.308 e. The van der Waals surface area contributed by atoms with E-state index in [1.54, 1.807) is 10.9 Å². The zero-order valence-electron chi connectivity index (χ0n) is 11.6. The van der Waals surface area contributed by atoms with Gasteiger partial charge in [-0.2, -0.15) is 5.10 Å². The number of halogens is 3. The molecule has 0 unspecified atom stereocenters. The maximum atomic E-state index is 13.3. The van der Waals surface area contributed by atoms with Gasteiger partial charge in [0.15, 0.2) is 0 Å². The molecule has 0 aliphatic carbocycles. The van der Waals surface area contributed by atoms with E-state index in [1.807, 2.05) is 19.0 Å². The highest BCUT2D eigenvalue weighted by Gasteiger charge is 2.19. The molecular weight excluding hydrogens is 405 g/mol. The fourth-order valence-electron chi connectivity index (χ4n) is 1.83. The van der Waals surface area contributed by atoms with Crippen LogP contribution in [0, 0.1) is 5.82 Å². The molecule has 0 saturated carbocycles. The molecule has 21 heavy (non-hydrogen) atoms. The van der Waals surface area contributed by atoms with Gasteiger partial charge < -0.3 is 4.90 Å². The van der Waals surface area contributed by atoms with E-state index in [2.05, 4.69) is 37.0 Å². The van der Waals surface area contributed by atoms with Crippen molar-refractivity contribution in [1.29, 1.82) is 0 Å². The third-order valence-electron chi connectivity index (χ3n) is 2.95. The van der Waals surface area contributed by atoms with Gasteiger partial charge in [-0.25, -0.2) is 4.39 Å². The molecule has 0 radical (unpaired) electrons. The van der Waals surface area contributed by atoms with E-state index >= 15 is 0 Å². The second-order valence-electron chi connectivity index (χ2n) is 4.83. The molecule has 112 valence electrons. The Hall–Kier alpha value is -1.05. The van der Waals surface area contributed by atoms with Crippen LogP contribution >= 0.6 is 31.9 Å². The average molecular weight is 419 g/mol. The van der Waals surface area contributed by atoms with Crippen molar-refractivity contribution in [1.82, 2.24) is 14.7 Å². The molecule has 0 bridgehead atoms. The van der Waals surface area contributed by atoms with Gasteiger partial charge in [0, 0.05) is 12.1 Å². The number of hydrogen-bond acceptors (Lipinski definition) is 3. The van der Waals surface area contributed by atoms with Gasteiger partial charge in [-0.3, -0.25) is 9.48 Å². The fourth-order valence-corrected chi connectivity index (χ4v) is 2.68. The lowest BCUT2D eigenvalue weighted by Crippen LogP contribution is -2.21. The predicted molar refractivity (Wildman–Crippen MR) is 86.0 cm³/mol. The number of carbonyl (C=O) groups excluding carboxylic acids is 1. The van der Waals surface area contributed by atoms with Crippen molar-refractivity contribution in [3.05, 3.63) is 50.4 Å². The van der Waals surface area contributed by atoms with Crippen molar-refractivity contribution in [2.75, 3.05) is 20.6 Å². The van der Waals surface area contributed by atoms with E-state index in [-0.39, 0.29) is 10.3 Å². The van der Waals surface area contributed by atoms with E-state index in [4.69, 9.17) is 0 Å². The van der Waals surface area contributed by atoms with Crippen LogP contribution in [0.4, 0.5) is 4.39 Å².